The van der Waals surface area contributed by atoms with E-state index in [1.165, 1.54) is 0 Å². The second-order valence-corrected chi connectivity index (χ2v) is 7.03. The summed E-state index contributed by atoms with van der Waals surface area (Å²) in [7, 11) is 0. The highest BCUT2D eigenvalue weighted by atomic mass is 19.1. The maximum atomic E-state index is 13.9. The fraction of sp³-hybridized carbons (Fsp3) is 0.160. The lowest BCUT2D eigenvalue weighted by Crippen LogP contribution is -2.23. The monoisotopic (exact) mass is 374 g/mol. The Bertz CT molecular complexity index is 1050. The van der Waals surface area contributed by atoms with Crippen LogP contribution in [-0.2, 0) is 4.79 Å². The predicted molar refractivity (Wildman–Crippen MR) is 110 cm³/mol. The van der Waals surface area contributed by atoms with Crippen LogP contribution in [0, 0.1) is 0 Å². The summed E-state index contributed by atoms with van der Waals surface area (Å²) in [6.07, 6.45) is 0. The first-order valence-corrected chi connectivity index (χ1v) is 9.34. The number of carbonyl (C=O) groups is 1. The molecule has 0 saturated heterocycles. The molecule has 0 heterocycles. The van der Waals surface area contributed by atoms with Crippen LogP contribution in [0.3, 0.4) is 0 Å². The third-order valence-electron chi connectivity index (χ3n) is 5.35. The predicted octanol–water partition coefficient (Wildman–Crippen LogP) is 6.37. The van der Waals surface area contributed by atoms with Gasteiger partial charge >= 0.3 is 0 Å². The summed E-state index contributed by atoms with van der Waals surface area (Å²) in [6, 6.07) is 26.4. The lowest BCUT2D eigenvalue weighted by atomic mass is 9.84. The number of benzene rings is 4. The molecular weight excluding hydrogens is 354 g/mol. The van der Waals surface area contributed by atoms with Gasteiger partial charge < -0.3 is 0 Å². The molecule has 2 atom stereocenters. The third-order valence-corrected chi connectivity index (χ3v) is 5.35. The van der Waals surface area contributed by atoms with Crippen LogP contribution in [0.25, 0.3) is 21.5 Å². The van der Waals surface area contributed by atoms with Crippen molar-refractivity contribution < 1.29 is 13.6 Å². The van der Waals surface area contributed by atoms with Gasteiger partial charge in [0.15, 0.2) is 5.78 Å². The molecule has 4 aromatic rings. The Balaban J connectivity index is 1.70. The summed E-state index contributed by atoms with van der Waals surface area (Å²) >= 11 is 0. The van der Waals surface area contributed by atoms with Gasteiger partial charge in [-0.15, -0.1) is 0 Å². The number of fused-ring (bicyclic) bond motifs is 2. The van der Waals surface area contributed by atoms with Gasteiger partial charge in [-0.05, 0) is 32.7 Å². The minimum Gasteiger partial charge on any atom is -0.298 e. The van der Waals surface area contributed by atoms with Gasteiger partial charge in [0.25, 0.3) is 0 Å². The van der Waals surface area contributed by atoms with Gasteiger partial charge in [-0.2, -0.15) is 0 Å². The number of halogens is 2. The summed E-state index contributed by atoms with van der Waals surface area (Å²) in [5.74, 6) is -2.37. The van der Waals surface area contributed by atoms with Crippen LogP contribution in [0.2, 0.25) is 0 Å². The second-order valence-electron chi connectivity index (χ2n) is 7.03. The Morgan fingerprint density at radius 1 is 0.607 bits per heavy atom. The highest BCUT2D eigenvalue weighted by Gasteiger charge is 2.30. The molecule has 140 valence electrons. The molecule has 0 bridgehead atoms. The molecule has 0 aliphatic rings. The van der Waals surface area contributed by atoms with E-state index in [2.05, 4.69) is 0 Å². The molecule has 0 spiro atoms. The van der Waals surface area contributed by atoms with Gasteiger partial charge in [-0.3, -0.25) is 4.79 Å². The number of alkyl halides is 2. The fourth-order valence-electron chi connectivity index (χ4n) is 3.75. The van der Waals surface area contributed by atoms with Gasteiger partial charge in [-0.1, -0.05) is 84.9 Å². The molecule has 0 saturated carbocycles. The Morgan fingerprint density at radius 2 is 1.00 bits per heavy atom. The molecule has 0 amide bonds. The van der Waals surface area contributed by atoms with Crippen LogP contribution >= 0.6 is 0 Å². The summed E-state index contributed by atoms with van der Waals surface area (Å²) in [5, 5.41) is 3.92. The van der Waals surface area contributed by atoms with Crippen molar-refractivity contribution in [3.05, 3.63) is 96.1 Å². The molecule has 0 fully saturated rings. The quantitative estimate of drug-likeness (QED) is 0.383. The van der Waals surface area contributed by atoms with E-state index in [0.29, 0.717) is 11.1 Å². The molecule has 28 heavy (non-hydrogen) atoms. The normalized spacial score (nSPS) is 13.5. The van der Waals surface area contributed by atoms with E-state index in [4.69, 9.17) is 0 Å². The highest BCUT2D eigenvalue weighted by molar-refractivity contribution is 5.94. The smallest absolute Gasteiger partial charge is 0.153 e. The van der Waals surface area contributed by atoms with Gasteiger partial charge in [0.05, 0.1) is 11.8 Å². The average molecular weight is 374 g/mol. The molecule has 4 aromatic carbocycles. The van der Waals surface area contributed by atoms with Crippen LogP contribution in [0.1, 0.15) is 23.0 Å². The zero-order chi connectivity index (χ0) is 19.5. The number of carbonyl (C=O) groups excluding carboxylic acids is 1. The van der Waals surface area contributed by atoms with Crippen molar-refractivity contribution in [1.29, 1.82) is 0 Å². The Hall–Kier alpha value is -3.07. The molecule has 3 heteroatoms. The van der Waals surface area contributed by atoms with Crippen LogP contribution in [-0.4, -0.2) is 19.1 Å². The van der Waals surface area contributed by atoms with Crippen LogP contribution in [0.5, 0.6) is 0 Å². The molecule has 1 nitrogen and oxygen atoms in total. The standard InChI is InChI=1S/C25H20F2O/c26-15-23(21-11-9-17-5-1-3-7-19(17)13-21)25(28)24(16-27)22-12-10-18-6-2-4-8-20(18)14-22/h1-14,23-24H,15-16H2. The molecule has 0 radical (unpaired) electrons. The van der Waals surface area contributed by atoms with Crippen molar-refractivity contribution in [2.75, 3.05) is 13.3 Å². The third kappa shape index (κ3) is 3.40. The summed E-state index contributed by atoms with van der Waals surface area (Å²) in [6.45, 7) is -1.69. The number of hydrogen-bond acceptors (Lipinski definition) is 1. The topological polar surface area (TPSA) is 17.1 Å². The first-order valence-electron chi connectivity index (χ1n) is 9.34. The number of Topliss-reactive ketones (excluding diaryl/α,β-unsaturated/α-hetero) is 1. The van der Waals surface area contributed by atoms with Gasteiger partial charge in [0, 0.05) is 0 Å². The van der Waals surface area contributed by atoms with E-state index in [0.717, 1.165) is 21.5 Å². The van der Waals surface area contributed by atoms with E-state index < -0.39 is 31.0 Å². The zero-order valence-corrected chi connectivity index (χ0v) is 15.3. The number of hydrogen-bond donors (Lipinski definition) is 0. The maximum Gasteiger partial charge on any atom is 0.153 e. The lowest BCUT2D eigenvalue weighted by Gasteiger charge is -2.20. The maximum absolute atomic E-state index is 13.9. The molecule has 0 aliphatic carbocycles. The minimum atomic E-state index is -0.975. The van der Waals surface area contributed by atoms with Gasteiger partial charge in [-0.25, -0.2) is 8.78 Å². The number of ketones is 1. The average Bonchev–Trinajstić information content (AvgIpc) is 2.74. The Labute approximate surface area is 162 Å². The van der Waals surface area contributed by atoms with E-state index in [1.54, 1.807) is 12.1 Å². The van der Waals surface area contributed by atoms with E-state index >= 15 is 0 Å². The minimum absolute atomic E-state index is 0.421. The molecule has 0 N–H and O–H groups in total. The van der Waals surface area contributed by atoms with Gasteiger partial charge in [0.2, 0.25) is 0 Å². The van der Waals surface area contributed by atoms with E-state index in [1.807, 2.05) is 72.8 Å². The zero-order valence-electron chi connectivity index (χ0n) is 15.3. The van der Waals surface area contributed by atoms with Crippen molar-refractivity contribution in [1.82, 2.24) is 0 Å². The van der Waals surface area contributed by atoms with Crippen molar-refractivity contribution in [2.24, 2.45) is 0 Å². The first-order chi connectivity index (χ1) is 13.7. The Morgan fingerprint density at radius 3 is 1.39 bits per heavy atom. The molecule has 4 rings (SSSR count). The molecule has 2 unspecified atom stereocenters. The van der Waals surface area contributed by atoms with Crippen molar-refractivity contribution in [3.8, 4) is 0 Å². The first kappa shape index (κ1) is 18.3. The Kier molecular flexibility index (Phi) is 5.16. The fourth-order valence-corrected chi connectivity index (χ4v) is 3.75. The van der Waals surface area contributed by atoms with Crippen LogP contribution in [0.4, 0.5) is 8.78 Å². The summed E-state index contributed by atoms with van der Waals surface area (Å²) < 4.78 is 27.8. The van der Waals surface area contributed by atoms with Crippen molar-refractivity contribution in [3.63, 3.8) is 0 Å². The SMILES string of the molecule is O=C(C(CF)c1ccc2ccccc2c1)C(CF)c1ccc2ccccc2c1. The van der Waals surface area contributed by atoms with E-state index in [-0.39, 0.29) is 0 Å². The summed E-state index contributed by atoms with van der Waals surface area (Å²) in [4.78, 5) is 13.1. The second kappa shape index (κ2) is 7.89. The molecular formula is C25H20F2O. The van der Waals surface area contributed by atoms with E-state index in [9.17, 15) is 13.6 Å². The van der Waals surface area contributed by atoms with Crippen molar-refractivity contribution in [2.45, 2.75) is 11.8 Å². The largest absolute Gasteiger partial charge is 0.298 e. The molecule has 0 aliphatic heterocycles. The lowest BCUT2D eigenvalue weighted by molar-refractivity contribution is -0.122. The van der Waals surface area contributed by atoms with Crippen LogP contribution < -0.4 is 0 Å². The van der Waals surface area contributed by atoms with Gasteiger partial charge in [0.1, 0.15) is 13.3 Å². The number of rotatable bonds is 6. The van der Waals surface area contributed by atoms with Crippen LogP contribution in [0.15, 0.2) is 84.9 Å². The van der Waals surface area contributed by atoms with Crippen molar-refractivity contribution >= 4 is 27.3 Å². The highest BCUT2D eigenvalue weighted by Crippen LogP contribution is 2.31. The summed E-state index contributed by atoms with van der Waals surface area (Å²) in [5.41, 5.74) is 1.18. The molecule has 0 aromatic heterocycles.